The average molecular weight is 234 g/mol. The minimum atomic E-state index is -0.542. The molecule has 3 atom stereocenters. The van der Waals surface area contributed by atoms with Crippen LogP contribution < -0.4 is 0 Å². The van der Waals surface area contributed by atoms with Crippen molar-refractivity contribution in [3.8, 4) is 0 Å². The van der Waals surface area contributed by atoms with Crippen LogP contribution in [0.3, 0.4) is 0 Å². The summed E-state index contributed by atoms with van der Waals surface area (Å²) in [5.74, 6) is 0.942. The van der Waals surface area contributed by atoms with Gasteiger partial charge in [0.1, 0.15) is 5.60 Å². The van der Waals surface area contributed by atoms with Gasteiger partial charge in [-0.05, 0) is 44.9 Å². The van der Waals surface area contributed by atoms with Crippen LogP contribution in [0.2, 0.25) is 0 Å². The smallest absolute Gasteiger partial charge is 0.125 e. The first kappa shape index (κ1) is 12.6. The van der Waals surface area contributed by atoms with Crippen LogP contribution in [0.5, 0.6) is 0 Å². The quantitative estimate of drug-likeness (QED) is 0.452. The largest absolute Gasteiger partial charge is 0.251 e. The molecule has 2 aliphatic carbocycles. The molecule has 17 heavy (non-hydrogen) atoms. The molecule has 0 aromatic rings. The van der Waals surface area contributed by atoms with Gasteiger partial charge in [-0.1, -0.05) is 36.5 Å². The Balaban J connectivity index is 1.99. The SMILES string of the molecule is CC1(OO)C=CCCC1C=CC1CC=CCC1. The molecule has 0 saturated carbocycles. The third kappa shape index (κ3) is 3.08. The Kier molecular flexibility index (Phi) is 4.19. The predicted molar refractivity (Wildman–Crippen MR) is 69.6 cm³/mol. The maximum absolute atomic E-state index is 9.06. The summed E-state index contributed by atoms with van der Waals surface area (Å²) in [6.07, 6.45) is 18.8. The second-order valence-corrected chi connectivity index (χ2v) is 5.29. The van der Waals surface area contributed by atoms with Crippen LogP contribution in [0.15, 0.2) is 36.5 Å². The fourth-order valence-corrected chi connectivity index (χ4v) is 2.67. The number of hydrogen-bond acceptors (Lipinski definition) is 2. The second-order valence-electron chi connectivity index (χ2n) is 5.29. The number of allylic oxidation sites excluding steroid dienone is 4. The molecular formula is C15H22O2. The lowest BCUT2D eigenvalue weighted by Gasteiger charge is -2.33. The van der Waals surface area contributed by atoms with Crippen molar-refractivity contribution in [2.75, 3.05) is 0 Å². The molecule has 0 heterocycles. The number of hydrogen-bond donors (Lipinski definition) is 1. The Labute approximate surface area is 104 Å². The zero-order valence-electron chi connectivity index (χ0n) is 10.5. The molecule has 0 radical (unpaired) electrons. The van der Waals surface area contributed by atoms with Crippen LogP contribution in [-0.4, -0.2) is 10.9 Å². The molecule has 0 saturated heterocycles. The van der Waals surface area contributed by atoms with E-state index in [1.165, 1.54) is 12.8 Å². The lowest BCUT2D eigenvalue weighted by Crippen LogP contribution is -2.35. The van der Waals surface area contributed by atoms with Crippen molar-refractivity contribution in [3.05, 3.63) is 36.5 Å². The number of rotatable bonds is 3. The Bertz CT molecular complexity index is 330. The van der Waals surface area contributed by atoms with Gasteiger partial charge in [-0.3, -0.25) is 5.26 Å². The van der Waals surface area contributed by atoms with Crippen molar-refractivity contribution in [3.63, 3.8) is 0 Å². The van der Waals surface area contributed by atoms with E-state index in [4.69, 9.17) is 5.26 Å². The van der Waals surface area contributed by atoms with Gasteiger partial charge >= 0.3 is 0 Å². The molecule has 2 rings (SSSR count). The van der Waals surface area contributed by atoms with Crippen molar-refractivity contribution in [1.29, 1.82) is 0 Å². The van der Waals surface area contributed by atoms with Crippen LogP contribution in [-0.2, 0) is 4.89 Å². The Morgan fingerprint density at radius 3 is 2.71 bits per heavy atom. The molecule has 2 aliphatic rings. The summed E-state index contributed by atoms with van der Waals surface area (Å²) in [6, 6.07) is 0. The molecule has 0 amide bonds. The molecule has 0 aromatic carbocycles. The van der Waals surface area contributed by atoms with Gasteiger partial charge in [0.15, 0.2) is 0 Å². The lowest BCUT2D eigenvalue weighted by atomic mass is 9.80. The van der Waals surface area contributed by atoms with Crippen molar-refractivity contribution >= 4 is 0 Å². The maximum Gasteiger partial charge on any atom is 0.125 e. The molecule has 2 nitrogen and oxygen atoms in total. The van der Waals surface area contributed by atoms with Gasteiger partial charge in [0.05, 0.1) is 0 Å². The zero-order valence-corrected chi connectivity index (χ0v) is 10.5. The van der Waals surface area contributed by atoms with Crippen LogP contribution in [0.4, 0.5) is 0 Å². The highest BCUT2D eigenvalue weighted by Crippen LogP contribution is 2.33. The van der Waals surface area contributed by atoms with E-state index in [0.29, 0.717) is 5.92 Å². The van der Waals surface area contributed by atoms with Gasteiger partial charge in [-0.15, -0.1) is 0 Å². The molecule has 0 aromatic heterocycles. The maximum atomic E-state index is 9.06. The van der Waals surface area contributed by atoms with Crippen LogP contribution in [0.1, 0.15) is 39.0 Å². The highest BCUT2D eigenvalue weighted by atomic mass is 17.1. The van der Waals surface area contributed by atoms with Crippen molar-refractivity contribution in [1.82, 2.24) is 0 Å². The second kappa shape index (κ2) is 5.65. The molecular weight excluding hydrogens is 212 g/mol. The molecule has 0 spiro atoms. The van der Waals surface area contributed by atoms with Crippen molar-refractivity contribution in [2.24, 2.45) is 11.8 Å². The van der Waals surface area contributed by atoms with Gasteiger partial charge in [0, 0.05) is 5.92 Å². The topological polar surface area (TPSA) is 29.5 Å². The molecule has 1 N–H and O–H groups in total. The van der Waals surface area contributed by atoms with Crippen molar-refractivity contribution in [2.45, 2.75) is 44.6 Å². The summed E-state index contributed by atoms with van der Waals surface area (Å²) in [5.41, 5.74) is -0.542. The van der Waals surface area contributed by atoms with E-state index < -0.39 is 5.60 Å². The molecule has 94 valence electrons. The summed E-state index contributed by atoms with van der Waals surface area (Å²) in [4.78, 5) is 4.68. The summed E-state index contributed by atoms with van der Waals surface area (Å²) >= 11 is 0. The molecule has 0 fully saturated rings. The van der Waals surface area contributed by atoms with E-state index in [1.807, 2.05) is 13.0 Å². The predicted octanol–water partition coefficient (Wildman–Crippen LogP) is 4.11. The van der Waals surface area contributed by atoms with E-state index in [2.05, 4.69) is 35.3 Å². The van der Waals surface area contributed by atoms with Gasteiger partial charge in [0.25, 0.3) is 0 Å². The Morgan fingerprint density at radius 1 is 1.18 bits per heavy atom. The van der Waals surface area contributed by atoms with Crippen LogP contribution >= 0.6 is 0 Å². The molecule has 0 aliphatic heterocycles. The summed E-state index contributed by atoms with van der Waals surface area (Å²) in [5, 5.41) is 9.06. The van der Waals surface area contributed by atoms with Gasteiger partial charge in [-0.25, -0.2) is 4.89 Å². The molecule has 2 heteroatoms. The monoisotopic (exact) mass is 234 g/mol. The first-order valence-electron chi connectivity index (χ1n) is 6.58. The average Bonchev–Trinajstić information content (AvgIpc) is 2.39. The first-order chi connectivity index (χ1) is 8.24. The van der Waals surface area contributed by atoms with Crippen LogP contribution in [0.25, 0.3) is 0 Å². The fraction of sp³-hybridized carbons (Fsp3) is 0.600. The van der Waals surface area contributed by atoms with E-state index in [1.54, 1.807) is 0 Å². The minimum absolute atomic E-state index is 0.281. The minimum Gasteiger partial charge on any atom is -0.251 e. The Morgan fingerprint density at radius 2 is 2.00 bits per heavy atom. The lowest BCUT2D eigenvalue weighted by molar-refractivity contribution is -0.313. The van der Waals surface area contributed by atoms with E-state index in [0.717, 1.165) is 19.3 Å². The van der Waals surface area contributed by atoms with Gasteiger partial charge in [-0.2, -0.15) is 0 Å². The third-order valence-corrected chi connectivity index (χ3v) is 3.95. The van der Waals surface area contributed by atoms with Crippen LogP contribution in [0, 0.1) is 11.8 Å². The first-order valence-corrected chi connectivity index (χ1v) is 6.58. The highest BCUT2D eigenvalue weighted by molar-refractivity contribution is 5.14. The normalized spacial score (nSPS) is 37.8. The van der Waals surface area contributed by atoms with E-state index >= 15 is 0 Å². The van der Waals surface area contributed by atoms with Gasteiger partial charge < -0.3 is 0 Å². The Hall–Kier alpha value is -0.860. The zero-order chi connectivity index (χ0) is 12.1. The molecule has 3 unspecified atom stereocenters. The van der Waals surface area contributed by atoms with Gasteiger partial charge in [0.2, 0.25) is 0 Å². The summed E-state index contributed by atoms with van der Waals surface area (Å²) < 4.78 is 0. The van der Waals surface area contributed by atoms with E-state index in [9.17, 15) is 0 Å². The standard InChI is InChI=1S/C15H22O2/c1-15(17-16)12-6-5-9-14(15)11-10-13-7-3-2-4-8-13/h2-3,6,10-14,16H,4-5,7-9H2,1H3. The van der Waals surface area contributed by atoms with E-state index in [-0.39, 0.29) is 5.92 Å². The fourth-order valence-electron chi connectivity index (χ4n) is 2.67. The highest BCUT2D eigenvalue weighted by Gasteiger charge is 2.33. The summed E-state index contributed by atoms with van der Waals surface area (Å²) in [6.45, 7) is 1.94. The van der Waals surface area contributed by atoms with Crippen molar-refractivity contribution < 1.29 is 10.1 Å². The summed E-state index contributed by atoms with van der Waals surface area (Å²) in [7, 11) is 0. The molecule has 0 bridgehead atoms. The third-order valence-electron chi connectivity index (χ3n) is 3.95.